The number of nitro benzene ring substituents is 1. The van der Waals surface area contributed by atoms with E-state index in [0.29, 0.717) is 45.0 Å². The van der Waals surface area contributed by atoms with Gasteiger partial charge in [0.05, 0.1) is 21.5 Å². The van der Waals surface area contributed by atoms with E-state index in [-0.39, 0.29) is 23.7 Å². The van der Waals surface area contributed by atoms with E-state index in [2.05, 4.69) is 10.3 Å². The van der Waals surface area contributed by atoms with Gasteiger partial charge in [-0.3, -0.25) is 29.1 Å². The van der Waals surface area contributed by atoms with Crippen LogP contribution in [0.3, 0.4) is 0 Å². The van der Waals surface area contributed by atoms with Crippen LogP contribution >= 0.6 is 11.3 Å². The summed E-state index contributed by atoms with van der Waals surface area (Å²) in [5.74, 6) is -0.620. The van der Waals surface area contributed by atoms with E-state index in [1.54, 1.807) is 18.7 Å². The van der Waals surface area contributed by atoms with Crippen molar-refractivity contribution < 1.29 is 14.5 Å². The molecule has 3 aromatic rings. The van der Waals surface area contributed by atoms with E-state index in [0.717, 1.165) is 11.3 Å². The van der Waals surface area contributed by atoms with Crippen LogP contribution in [0.1, 0.15) is 34.6 Å². The Morgan fingerprint density at radius 1 is 1.25 bits per heavy atom. The monoisotopic (exact) mass is 457 g/mol. The second kappa shape index (κ2) is 9.27. The molecule has 0 bridgehead atoms. The Morgan fingerprint density at radius 3 is 2.53 bits per heavy atom. The molecule has 0 fully saturated rings. The van der Waals surface area contributed by atoms with Crippen molar-refractivity contribution in [3.8, 4) is 0 Å². The molecule has 0 spiro atoms. The van der Waals surface area contributed by atoms with Gasteiger partial charge in [-0.25, -0.2) is 4.98 Å². The Morgan fingerprint density at radius 2 is 1.94 bits per heavy atom. The van der Waals surface area contributed by atoms with Gasteiger partial charge in [-0.2, -0.15) is 0 Å². The standard InChI is InChI=1S/C21H23N5O5S/c1-5-24(6-2)16(27)10-25-11-22-20-17(21(25)29)13(4)18(32-20)19(28)23-15-8-7-14(26(30)31)9-12(15)3/h7-9,11H,5-6,10H2,1-4H3,(H,23,28). The summed E-state index contributed by atoms with van der Waals surface area (Å²) in [5, 5.41) is 14.0. The number of hydrogen-bond acceptors (Lipinski definition) is 7. The number of non-ortho nitro benzene ring substituents is 1. The van der Waals surface area contributed by atoms with Crippen molar-refractivity contribution in [3.63, 3.8) is 0 Å². The number of nitrogens with one attached hydrogen (secondary N) is 1. The molecule has 0 radical (unpaired) electrons. The van der Waals surface area contributed by atoms with Gasteiger partial charge >= 0.3 is 0 Å². The highest BCUT2D eigenvalue weighted by molar-refractivity contribution is 7.20. The van der Waals surface area contributed by atoms with Gasteiger partial charge in [0.15, 0.2) is 0 Å². The number of carbonyl (C=O) groups excluding carboxylic acids is 2. The molecular weight excluding hydrogens is 434 g/mol. The van der Waals surface area contributed by atoms with Gasteiger partial charge in [-0.1, -0.05) is 0 Å². The number of benzene rings is 1. The lowest BCUT2D eigenvalue weighted by atomic mass is 10.1. The second-order valence-corrected chi connectivity index (χ2v) is 8.19. The molecule has 0 aliphatic carbocycles. The Labute approximate surface area is 187 Å². The first-order valence-electron chi connectivity index (χ1n) is 10.0. The van der Waals surface area contributed by atoms with Crippen LogP contribution in [0.2, 0.25) is 0 Å². The molecule has 11 heteroatoms. The van der Waals surface area contributed by atoms with Crippen molar-refractivity contribution >= 4 is 44.7 Å². The number of aromatic nitrogens is 2. The fourth-order valence-corrected chi connectivity index (χ4v) is 4.43. The number of amides is 2. The zero-order valence-electron chi connectivity index (χ0n) is 18.2. The highest BCUT2D eigenvalue weighted by Gasteiger charge is 2.21. The SMILES string of the molecule is CCN(CC)C(=O)Cn1cnc2sc(C(=O)Nc3ccc([N+](=O)[O-])cc3C)c(C)c2c1=O. The van der Waals surface area contributed by atoms with E-state index in [1.807, 2.05) is 13.8 Å². The molecule has 3 rings (SSSR count). The molecule has 2 amide bonds. The Hall–Kier alpha value is -3.60. The highest BCUT2D eigenvalue weighted by atomic mass is 32.1. The van der Waals surface area contributed by atoms with E-state index < -0.39 is 10.8 Å². The quantitative estimate of drug-likeness (QED) is 0.429. The van der Waals surface area contributed by atoms with E-state index >= 15 is 0 Å². The minimum atomic E-state index is -0.504. The summed E-state index contributed by atoms with van der Waals surface area (Å²) in [6.45, 7) is 8.03. The number of fused-ring (bicyclic) bond motifs is 1. The minimum Gasteiger partial charge on any atom is -0.342 e. The second-order valence-electron chi connectivity index (χ2n) is 7.19. The van der Waals surface area contributed by atoms with Gasteiger partial charge in [0.25, 0.3) is 17.2 Å². The van der Waals surface area contributed by atoms with E-state index in [1.165, 1.54) is 29.1 Å². The van der Waals surface area contributed by atoms with Crippen LogP contribution in [0, 0.1) is 24.0 Å². The van der Waals surface area contributed by atoms with Crippen LogP contribution in [0.25, 0.3) is 10.2 Å². The van der Waals surface area contributed by atoms with Crippen LogP contribution in [0.15, 0.2) is 29.3 Å². The van der Waals surface area contributed by atoms with Gasteiger partial charge in [0.2, 0.25) is 5.91 Å². The smallest absolute Gasteiger partial charge is 0.269 e. The Kier molecular flexibility index (Phi) is 6.68. The number of hydrogen-bond donors (Lipinski definition) is 1. The zero-order chi connectivity index (χ0) is 23.6. The summed E-state index contributed by atoms with van der Waals surface area (Å²) in [5.41, 5.74) is 1.01. The topological polar surface area (TPSA) is 127 Å². The van der Waals surface area contributed by atoms with Crippen molar-refractivity contribution in [3.05, 3.63) is 61.0 Å². The van der Waals surface area contributed by atoms with Crippen LogP contribution in [0.5, 0.6) is 0 Å². The van der Waals surface area contributed by atoms with Crippen molar-refractivity contribution in [2.45, 2.75) is 34.2 Å². The van der Waals surface area contributed by atoms with Crippen molar-refractivity contribution in [2.24, 2.45) is 0 Å². The molecule has 1 aromatic carbocycles. The minimum absolute atomic E-state index is 0.0671. The maximum atomic E-state index is 13.0. The maximum absolute atomic E-state index is 13.0. The van der Waals surface area contributed by atoms with Crippen LogP contribution in [-0.2, 0) is 11.3 Å². The maximum Gasteiger partial charge on any atom is 0.269 e. The fraction of sp³-hybridized carbons (Fsp3) is 0.333. The van der Waals surface area contributed by atoms with Gasteiger partial charge in [0, 0.05) is 30.9 Å². The van der Waals surface area contributed by atoms with Gasteiger partial charge in [-0.05, 0) is 44.9 Å². The first-order chi connectivity index (χ1) is 15.2. The molecule has 32 heavy (non-hydrogen) atoms. The average Bonchev–Trinajstić information content (AvgIpc) is 3.09. The normalized spacial score (nSPS) is 10.9. The summed E-state index contributed by atoms with van der Waals surface area (Å²) in [4.78, 5) is 55.3. The summed E-state index contributed by atoms with van der Waals surface area (Å²) in [7, 11) is 0. The molecule has 0 unspecified atom stereocenters. The molecule has 0 atom stereocenters. The summed E-state index contributed by atoms with van der Waals surface area (Å²) in [6, 6.07) is 4.16. The first-order valence-corrected chi connectivity index (χ1v) is 10.8. The number of anilines is 1. The molecule has 0 aliphatic rings. The summed E-state index contributed by atoms with van der Waals surface area (Å²) < 4.78 is 1.25. The number of likely N-dealkylation sites (N-methyl/N-ethyl adjacent to an activating group) is 1. The predicted molar refractivity (Wildman–Crippen MR) is 122 cm³/mol. The number of thiophene rings is 1. The summed E-state index contributed by atoms with van der Waals surface area (Å²) >= 11 is 1.08. The van der Waals surface area contributed by atoms with Crippen molar-refractivity contribution in [1.82, 2.24) is 14.5 Å². The average molecular weight is 458 g/mol. The number of nitro groups is 1. The Balaban J connectivity index is 1.92. The molecule has 2 heterocycles. The van der Waals surface area contributed by atoms with Crippen LogP contribution < -0.4 is 10.9 Å². The number of rotatable bonds is 7. The van der Waals surface area contributed by atoms with Crippen LogP contribution in [0.4, 0.5) is 11.4 Å². The molecule has 0 aliphatic heterocycles. The molecular formula is C21H23N5O5S. The number of nitrogens with zero attached hydrogens (tertiary/aromatic N) is 4. The molecule has 10 nitrogen and oxygen atoms in total. The third-order valence-electron chi connectivity index (χ3n) is 5.21. The Bertz CT molecular complexity index is 1280. The largest absolute Gasteiger partial charge is 0.342 e. The zero-order valence-corrected chi connectivity index (χ0v) is 19.0. The lowest BCUT2D eigenvalue weighted by Crippen LogP contribution is -2.36. The third kappa shape index (κ3) is 4.37. The predicted octanol–water partition coefficient (Wildman–Crippen LogP) is 3.10. The molecule has 0 saturated heterocycles. The first kappa shape index (κ1) is 23.1. The molecule has 1 N–H and O–H groups in total. The van der Waals surface area contributed by atoms with Gasteiger partial charge in [0.1, 0.15) is 11.4 Å². The van der Waals surface area contributed by atoms with Crippen LogP contribution in [-0.4, -0.2) is 44.3 Å². The fourth-order valence-electron chi connectivity index (χ4n) is 3.39. The van der Waals surface area contributed by atoms with Gasteiger partial charge < -0.3 is 10.2 Å². The van der Waals surface area contributed by atoms with Crippen molar-refractivity contribution in [2.75, 3.05) is 18.4 Å². The third-order valence-corrected chi connectivity index (χ3v) is 6.41. The van der Waals surface area contributed by atoms with E-state index in [4.69, 9.17) is 0 Å². The highest BCUT2D eigenvalue weighted by Crippen LogP contribution is 2.28. The lowest BCUT2D eigenvalue weighted by Gasteiger charge is -2.18. The molecule has 168 valence electrons. The molecule has 0 saturated carbocycles. The van der Waals surface area contributed by atoms with Crippen molar-refractivity contribution in [1.29, 1.82) is 0 Å². The number of carbonyl (C=O) groups is 2. The molecule has 2 aromatic heterocycles. The number of aryl methyl sites for hydroxylation is 2. The lowest BCUT2D eigenvalue weighted by molar-refractivity contribution is -0.384. The van der Waals surface area contributed by atoms with E-state index in [9.17, 15) is 24.5 Å². The summed E-state index contributed by atoms with van der Waals surface area (Å²) in [6.07, 6.45) is 1.32. The van der Waals surface area contributed by atoms with Gasteiger partial charge in [-0.15, -0.1) is 11.3 Å².